The zero-order valence-electron chi connectivity index (χ0n) is 19.2. The Kier molecular flexibility index (Phi) is 7.74. The SMILES string of the molecule is CC[C@H](C)c1nc(C)c(Cc2ccc([N+](=O)[O-])cc2)c(N2CCN(C(=O)COC)CC2)n1. The van der Waals surface area contributed by atoms with Gasteiger partial charge in [0.15, 0.2) is 0 Å². The molecule has 0 unspecified atom stereocenters. The zero-order valence-corrected chi connectivity index (χ0v) is 19.2. The van der Waals surface area contributed by atoms with E-state index in [1.807, 2.05) is 11.8 Å². The number of hydrogen-bond donors (Lipinski definition) is 0. The topological polar surface area (TPSA) is 102 Å². The molecule has 0 radical (unpaired) electrons. The number of benzene rings is 1. The first kappa shape index (κ1) is 23.6. The zero-order chi connectivity index (χ0) is 23.3. The summed E-state index contributed by atoms with van der Waals surface area (Å²) in [5.41, 5.74) is 2.98. The summed E-state index contributed by atoms with van der Waals surface area (Å²) in [4.78, 5) is 36.5. The van der Waals surface area contributed by atoms with Crippen LogP contribution in [-0.2, 0) is 16.0 Å². The molecule has 9 nitrogen and oxygen atoms in total. The molecule has 0 aliphatic carbocycles. The van der Waals surface area contributed by atoms with Gasteiger partial charge >= 0.3 is 0 Å². The van der Waals surface area contributed by atoms with Gasteiger partial charge in [0.25, 0.3) is 5.69 Å². The molecule has 1 aliphatic heterocycles. The quantitative estimate of drug-likeness (QED) is 0.458. The molecule has 1 aromatic carbocycles. The Bertz CT molecular complexity index is 956. The van der Waals surface area contributed by atoms with Gasteiger partial charge in [0.2, 0.25) is 5.91 Å². The third kappa shape index (κ3) is 5.40. The van der Waals surface area contributed by atoms with E-state index >= 15 is 0 Å². The predicted octanol–water partition coefficient (Wildman–Crippen LogP) is 3.09. The lowest BCUT2D eigenvalue weighted by molar-refractivity contribution is -0.384. The maximum absolute atomic E-state index is 12.2. The minimum Gasteiger partial charge on any atom is -0.375 e. The first-order valence-corrected chi connectivity index (χ1v) is 11.0. The van der Waals surface area contributed by atoms with Crippen molar-refractivity contribution >= 4 is 17.4 Å². The van der Waals surface area contributed by atoms with Crippen LogP contribution in [-0.4, -0.2) is 65.6 Å². The fourth-order valence-corrected chi connectivity index (χ4v) is 3.80. The second-order valence-corrected chi connectivity index (χ2v) is 8.18. The van der Waals surface area contributed by atoms with Gasteiger partial charge in [-0.05, 0) is 18.9 Å². The summed E-state index contributed by atoms with van der Waals surface area (Å²) in [7, 11) is 1.53. The second kappa shape index (κ2) is 10.5. The lowest BCUT2D eigenvalue weighted by Gasteiger charge is -2.36. The summed E-state index contributed by atoms with van der Waals surface area (Å²) in [6.45, 7) is 8.91. The van der Waals surface area contributed by atoms with E-state index in [0.717, 1.165) is 34.9 Å². The van der Waals surface area contributed by atoms with Gasteiger partial charge in [0, 0.05) is 69.0 Å². The molecule has 2 aromatic rings. The summed E-state index contributed by atoms with van der Waals surface area (Å²) < 4.78 is 4.98. The van der Waals surface area contributed by atoms with Crippen LogP contribution < -0.4 is 4.90 Å². The van der Waals surface area contributed by atoms with Crippen molar-refractivity contribution in [1.82, 2.24) is 14.9 Å². The van der Waals surface area contributed by atoms with E-state index in [0.29, 0.717) is 32.6 Å². The maximum Gasteiger partial charge on any atom is 0.269 e. The first-order valence-electron chi connectivity index (χ1n) is 11.0. The molecule has 0 spiro atoms. The van der Waals surface area contributed by atoms with Gasteiger partial charge in [-0.3, -0.25) is 14.9 Å². The fraction of sp³-hybridized carbons (Fsp3) is 0.522. The van der Waals surface area contributed by atoms with Crippen molar-refractivity contribution in [3.8, 4) is 0 Å². The van der Waals surface area contributed by atoms with Gasteiger partial charge in [0.1, 0.15) is 18.2 Å². The van der Waals surface area contributed by atoms with Crippen LogP contribution in [0.3, 0.4) is 0 Å². The monoisotopic (exact) mass is 441 g/mol. The summed E-state index contributed by atoms with van der Waals surface area (Å²) in [6.07, 6.45) is 1.53. The molecular weight excluding hydrogens is 410 g/mol. The first-order chi connectivity index (χ1) is 15.3. The molecule has 0 N–H and O–H groups in total. The third-order valence-electron chi connectivity index (χ3n) is 5.99. The molecule has 1 aliphatic rings. The van der Waals surface area contributed by atoms with Crippen LogP contribution in [0.4, 0.5) is 11.5 Å². The number of hydrogen-bond acceptors (Lipinski definition) is 7. The average molecular weight is 442 g/mol. The number of carbonyl (C=O) groups excluding carboxylic acids is 1. The lowest BCUT2D eigenvalue weighted by Crippen LogP contribution is -2.50. The van der Waals surface area contributed by atoms with Gasteiger partial charge in [-0.1, -0.05) is 26.0 Å². The van der Waals surface area contributed by atoms with Crippen molar-refractivity contribution in [2.45, 2.75) is 39.5 Å². The predicted molar refractivity (Wildman–Crippen MR) is 122 cm³/mol. The highest BCUT2D eigenvalue weighted by Gasteiger charge is 2.25. The number of nitro groups is 1. The number of piperazine rings is 1. The normalized spacial score (nSPS) is 15.0. The van der Waals surface area contributed by atoms with E-state index in [9.17, 15) is 14.9 Å². The number of anilines is 1. The molecule has 1 atom stereocenters. The molecule has 3 rings (SSSR count). The number of ether oxygens (including phenoxy) is 1. The van der Waals surface area contributed by atoms with Crippen LogP contribution in [0.1, 0.15) is 48.8 Å². The summed E-state index contributed by atoms with van der Waals surface area (Å²) in [5.74, 6) is 1.96. The Morgan fingerprint density at radius 3 is 2.41 bits per heavy atom. The van der Waals surface area contributed by atoms with E-state index in [1.165, 1.54) is 19.2 Å². The molecular formula is C23H31N5O4. The molecule has 1 aromatic heterocycles. The standard InChI is InChI=1S/C23H31N5O4/c1-5-16(2)22-24-17(3)20(14-18-6-8-19(9-7-18)28(30)31)23(25-22)27-12-10-26(11-13-27)21(29)15-32-4/h6-9,16H,5,10-15H2,1-4H3/t16-/m0/s1. The Labute approximate surface area is 188 Å². The van der Waals surface area contributed by atoms with Crippen molar-refractivity contribution in [2.75, 3.05) is 44.8 Å². The minimum atomic E-state index is -0.394. The van der Waals surface area contributed by atoms with Gasteiger partial charge in [0.05, 0.1) is 4.92 Å². The Morgan fingerprint density at radius 2 is 1.84 bits per heavy atom. The van der Waals surface area contributed by atoms with E-state index in [2.05, 4.69) is 18.7 Å². The number of amides is 1. The van der Waals surface area contributed by atoms with Crippen molar-refractivity contribution < 1.29 is 14.5 Å². The smallest absolute Gasteiger partial charge is 0.269 e. The van der Waals surface area contributed by atoms with E-state index < -0.39 is 4.92 Å². The highest BCUT2D eigenvalue weighted by atomic mass is 16.6. The van der Waals surface area contributed by atoms with Gasteiger partial charge < -0.3 is 14.5 Å². The van der Waals surface area contributed by atoms with Crippen molar-refractivity contribution in [2.24, 2.45) is 0 Å². The van der Waals surface area contributed by atoms with Crippen LogP contribution in [0.25, 0.3) is 0 Å². The lowest BCUT2D eigenvalue weighted by atomic mass is 10.0. The van der Waals surface area contributed by atoms with Gasteiger partial charge in [-0.25, -0.2) is 9.97 Å². The number of nitrogens with zero attached hydrogens (tertiary/aromatic N) is 5. The Hall–Kier alpha value is -3.07. The summed E-state index contributed by atoms with van der Waals surface area (Å²) in [6, 6.07) is 6.62. The van der Waals surface area contributed by atoms with Crippen molar-refractivity contribution in [3.63, 3.8) is 0 Å². The third-order valence-corrected chi connectivity index (χ3v) is 5.99. The highest BCUT2D eigenvalue weighted by molar-refractivity contribution is 5.77. The molecule has 1 amide bonds. The van der Waals surface area contributed by atoms with Crippen LogP contribution in [0.2, 0.25) is 0 Å². The molecule has 0 saturated carbocycles. The molecule has 9 heteroatoms. The average Bonchev–Trinajstić information content (AvgIpc) is 2.80. The van der Waals surface area contributed by atoms with Crippen LogP contribution in [0.15, 0.2) is 24.3 Å². The van der Waals surface area contributed by atoms with Gasteiger partial charge in [-0.15, -0.1) is 0 Å². The van der Waals surface area contributed by atoms with Crippen LogP contribution in [0.5, 0.6) is 0 Å². The van der Waals surface area contributed by atoms with E-state index in [-0.39, 0.29) is 24.1 Å². The maximum atomic E-state index is 12.2. The minimum absolute atomic E-state index is 0.00239. The van der Waals surface area contributed by atoms with Crippen molar-refractivity contribution in [3.05, 3.63) is 57.0 Å². The molecule has 2 heterocycles. The molecule has 172 valence electrons. The van der Waals surface area contributed by atoms with E-state index in [1.54, 1.807) is 12.1 Å². The second-order valence-electron chi connectivity index (χ2n) is 8.18. The molecule has 32 heavy (non-hydrogen) atoms. The number of non-ortho nitro benzene ring substituents is 1. The Morgan fingerprint density at radius 1 is 1.19 bits per heavy atom. The Balaban J connectivity index is 1.89. The number of aromatic nitrogens is 2. The van der Waals surface area contributed by atoms with E-state index in [4.69, 9.17) is 14.7 Å². The van der Waals surface area contributed by atoms with Crippen molar-refractivity contribution in [1.29, 1.82) is 0 Å². The largest absolute Gasteiger partial charge is 0.375 e. The fourth-order valence-electron chi connectivity index (χ4n) is 3.80. The molecule has 1 fully saturated rings. The summed E-state index contributed by atoms with van der Waals surface area (Å²) in [5, 5.41) is 11.0. The highest BCUT2D eigenvalue weighted by Crippen LogP contribution is 2.28. The number of nitro benzene ring substituents is 1. The van der Waals surface area contributed by atoms with Gasteiger partial charge in [-0.2, -0.15) is 0 Å². The number of carbonyl (C=O) groups is 1. The number of rotatable bonds is 8. The van der Waals surface area contributed by atoms with Crippen LogP contribution >= 0.6 is 0 Å². The number of aryl methyl sites for hydroxylation is 1. The summed E-state index contributed by atoms with van der Waals surface area (Å²) >= 11 is 0. The molecule has 0 bridgehead atoms. The molecule has 1 saturated heterocycles. The number of methoxy groups -OCH3 is 1. The van der Waals surface area contributed by atoms with Crippen LogP contribution in [0, 0.1) is 17.0 Å².